The van der Waals surface area contributed by atoms with E-state index < -0.39 is 0 Å². The van der Waals surface area contributed by atoms with Gasteiger partial charge in [-0.15, -0.1) is 11.3 Å². The summed E-state index contributed by atoms with van der Waals surface area (Å²) in [5, 5.41) is 3.55. The predicted molar refractivity (Wildman–Crippen MR) is 76.4 cm³/mol. The lowest BCUT2D eigenvalue weighted by Gasteiger charge is -2.23. The maximum atomic E-state index is 5.46. The summed E-state index contributed by atoms with van der Waals surface area (Å²) in [5.41, 5.74) is 2.68. The average Bonchev–Trinajstić information content (AvgIpc) is 2.67. The third-order valence-corrected chi connectivity index (χ3v) is 5.10. The summed E-state index contributed by atoms with van der Waals surface area (Å²) >= 11 is 5.41. The average molecular weight is 316 g/mol. The highest BCUT2D eigenvalue weighted by Gasteiger charge is 2.20. The number of halogens is 1. The van der Waals surface area contributed by atoms with Crippen LogP contribution in [0.25, 0.3) is 0 Å². The van der Waals surface area contributed by atoms with Gasteiger partial charge in [-0.25, -0.2) is 0 Å². The Kier molecular flexibility index (Phi) is 4.65. The lowest BCUT2D eigenvalue weighted by atomic mass is 10.0. The fourth-order valence-electron chi connectivity index (χ4n) is 2.04. The highest BCUT2D eigenvalue weighted by molar-refractivity contribution is 9.11. The number of thiophene rings is 1. The first-order valence-corrected chi connectivity index (χ1v) is 7.63. The molecule has 1 aliphatic rings. The third-order valence-electron chi connectivity index (χ3n) is 2.90. The molecule has 1 aromatic heterocycles. The second kappa shape index (κ2) is 6.03. The van der Waals surface area contributed by atoms with Gasteiger partial charge in [-0.3, -0.25) is 0 Å². The van der Waals surface area contributed by atoms with Crippen molar-refractivity contribution in [1.82, 2.24) is 5.32 Å². The minimum Gasteiger partial charge on any atom is -0.501 e. The molecular weight excluding hydrogens is 298 g/mol. The lowest BCUT2D eigenvalue weighted by Crippen LogP contribution is -2.23. The molecule has 1 aliphatic heterocycles. The molecule has 94 valence electrons. The van der Waals surface area contributed by atoms with Gasteiger partial charge in [0.05, 0.1) is 22.7 Å². The second-order valence-electron chi connectivity index (χ2n) is 4.26. The first kappa shape index (κ1) is 13.1. The van der Waals surface area contributed by atoms with Crippen LogP contribution in [-0.4, -0.2) is 13.2 Å². The van der Waals surface area contributed by atoms with Crippen molar-refractivity contribution in [2.45, 2.75) is 32.7 Å². The zero-order valence-electron chi connectivity index (χ0n) is 10.3. The van der Waals surface area contributed by atoms with Gasteiger partial charge in [-0.1, -0.05) is 6.92 Å². The Labute approximate surface area is 115 Å². The van der Waals surface area contributed by atoms with Crippen molar-refractivity contribution >= 4 is 27.3 Å². The van der Waals surface area contributed by atoms with Crippen LogP contribution in [-0.2, 0) is 4.74 Å². The van der Waals surface area contributed by atoms with Crippen molar-refractivity contribution in [2.24, 2.45) is 0 Å². The van der Waals surface area contributed by atoms with Gasteiger partial charge >= 0.3 is 0 Å². The highest BCUT2D eigenvalue weighted by Crippen LogP contribution is 2.36. The zero-order chi connectivity index (χ0) is 12.3. The van der Waals surface area contributed by atoms with Gasteiger partial charge in [0.15, 0.2) is 0 Å². The molecule has 0 bridgehead atoms. The van der Waals surface area contributed by atoms with Crippen LogP contribution in [0.15, 0.2) is 21.7 Å². The Bertz CT molecular complexity index is 394. The smallest absolute Gasteiger partial charge is 0.0876 e. The van der Waals surface area contributed by atoms with E-state index in [1.807, 2.05) is 17.6 Å². The van der Waals surface area contributed by atoms with E-state index in [1.54, 1.807) is 0 Å². The normalized spacial score (nSPS) is 17.5. The Hall–Kier alpha value is -0.320. The molecule has 1 atom stereocenters. The number of ether oxygens (including phenoxy) is 1. The Morgan fingerprint density at radius 2 is 2.41 bits per heavy atom. The van der Waals surface area contributed by atoms with Gasteiger partial charge in [0.2, 0.25) is 0 Å². The lowest BCUT2D eigenvalue weighted by molar-refractivity contribution is 0.219. The molecule has 0 aromatic carbocycles. The van der Waals surface area contributed by atoms with E-state index in [9.17, 15) is 0 Å². The van der Waals surface area contributed by atoms with Crippen LogP contribution in [0.2, 0.25) is 0 Å². The molecule has 4 heteroatoms. The predicted octanol–water partition coefficient (Wildman–Crippen LogP) is 4.16. The van der Waals surface area contributed by atoms with Crippen molar-refractivity contribution in [3.63, 3.8) is 0 Å². The van der Waals surface area contributed by atoms with E-state index in [0.29, 0.717) is 6.04 Å². The van der Waals surface area contributed by atoms with Crippen molar-refractivity contribution in [2.75, 3.05) is 13.2 Å². The van der Waals surface area contributed by atoms with Crippen molar-refractivity contribution in [3.8, 4) is 0 Å². The second-order valence-corrected chi connectivity index (χ2v) is 6.66. The summed E-state index contributed by atoms with van der Waals surface area (Å²) in [4.78, 5) is 1.37. The van der Waals surface area contributed by atoms with Crippen molar-refractivity contribution in [1.29, 1.82) is 0 Å². The number of hydrogen-bond donors (Lipinski definition) is 1. The van der Waals surface area contributed by atoms with Gasteiger partial charge in [-0.05, 0) is 59.4 Å². The van der Waals surface area contributed by atoms with Crippen LogP contribution in [0, 0.1) is 6.92 Å². The summed E-state index contributed by atoms with van der Waals surface area (Å²) in [5.74, 6) is 0. The number of hydrogen-bond acceptors (Lipinski definition) is 3. The molecule has 2 rings (SSSR count). The highest BCUT2D eigenvalue weighted by atomic mass is 79.9. The molecule has 0 amide bonds. The molecule has 0 saturated heterocycles. The Morgan fingerprint density at radius 3 is 2.94 bits per heavy atom. The Balaban J connectivity index is 2.24. The summed E-state index contributed by atoms with van der Waals surface area (Å²) in [6, 6.07) is 2.58. The first-order chi connectivity index (χ1) is 8.22. The van der Waals surface area contributed by atoms with Crippen molar-refractivity contribution < 1.29 is 4.74 Å². The van der Waals surface area contributed by atoms with Crippen LogP contribution in [0.5, 0.6) is 0 Å². The zero-order valence-corrected chi connectivity index (χ0v) is 12.7. The fourth-order valence-corrected chi connectivity index (χ4v) is 3.73. The SMILES string of the molecule is CCNC(C1=COCCC1)c1cc(C)c(Br)s1. The number of nitrogens with one attached hydrogen (secondary N) is 1. The van der Waals surface area contributed by atoms with E-state index in [-0.39, 0.29) is 0 Å². The minimum atomic E-state index is 0.315. The minimum absolute atomic E-state index is 0.315. The topological polar surface area (TPSA) is 21.3 Å². The Morgan fingerprint density at radius 1 is 1.59 bits per heavy atom. The van der Waals surface area contributed by atoms with E-state index in [4.69, 9.17) is 4.74 Å². The summed E-state index contributed by atoms with van der Waals surface area (Å²) in [7, 11) is 0. The summed E-state index contributed by atoms with van der Waals surface area (Å²) < 4.78 is 6.69. The van der Waals surface area contributed by atoms with Crippen LogP contribution >= 0.6 is 27.3 Å². The summed E-state index contributed by atoms with van der Waals surface area (Å²) in [6.45, 7) is 6.11. The molecule has 1 N–H and O–H groups in total. The molecule has 1 aromatic rings. The molecule has 0 spiro atoms. The molecule has 2 heterocycles. The monoisotopic (exact) mass is 315 g/mol. The number of aryl methyl sites for hydroxylation is 1. The van der Waals surface area contributed by atoms with Gasteiger partial charge in [0.1, 0.15) is 0 Å². The standard InChI is InChI=1S/C13H18BrNOS/c1-3-15-12(10-5-4-6-16-8-10)11-7-9(2)13(14)17-11/h7-8,12,15H,3-6H2,1-2H3. The van der Waals surface area contributed by atoms with Crippen LogP contribution in [0.4, 0.5) is 0 Å². The van der Waals surface area contributed by atoms with E-state index in [0.717, 1.165) is 26.0 Å². The first-order valence-electron chi connectivity index (χ1n) is 6.02. The maximum absolute atomic E-state index is 5.46. The molecule has 2 nitrogen and oxygen atoms in total. The summed E-state index contributed by atoms with van der Waals surface area (Å²) in [6.07, 6.45) is 4.20. The molecule has 1 unspecified atom stereocenters. The maximum Gasteiger partial charge on any atom is 0.0876 e. The third kappa shape index (κ3) is 3.12. The molecule has 0 radical (unpaired) electrons. The van der Waals surface area contributed by atoms with Gasteiger partial charge in [-0.2, -0.15) is 0 Å². The van der Waals surface area contributed by atoms with Crippen molar-refractivity contribution in [3.05, 3.63) is 32.1 Å². The fraction of sp³-hybridized carbons (Fsp3) is 0.538. The van der Waals surface area contributed by atoms with E-state index in [1.165, 1.54) is 19.8 Å². The molecular formula is C13H18BrNOS. The molecule has 0 fully saturated rings. The number of likely N-dealkylation sites (N-methyl/N-ethyl adjacent to an activating group) is 1. The largest absolute Gasteiger partial charge is 0.501 e. The van der Waals surface area contributed by atoms with Crippen LogP contribution < -0.4 is 5.32 Å². The molecule has 17 heavy (non-hydrogen) atoms. The van der Waals surface area contributed by atoms with Crippen LogP contribution in [0.3, 0.4) is 0 Å². The number of rotatable bonds is 4. The quantitative estimate of drug-likeness (QED) is 0.900. The van der Waals surface area contributed by atoms with Gasteiger partial charge in [0.25, 0.3) is 0 Å². The van der Waals surface area contributed by atoms with E-state index in [2.05, 4.69) is 41.2 Å². The van der Waals surface area contributed by atoms with Gasteiger partial charge < -0.3 is 10.1 Å². The van der Waals surface area contributed by atoms with Crippen LogP contribution in [0.1, 0.15) is 36.2 Å². The van der Waals surface area contributed by atoms with Gasteiger partial charge in [0, 0.05) is 4.88 Å². The molecule has 0 aliphatic carbocycles. The molecule has 0 saturated carbocycles. The van der Waals surface area contributed by atoms with E-state index >= 15 is 0 Å².